The molecule has 1 N–H and O–H groups in total. The Bertz CT molecular complexity index is 726. The number of carbonyl (C=O) groups excluding carboxylic acids is 1. The summed E-state index contributed by atoms with van der Waals surface area (Å²) in [5.41, 5.74) is 6.60. The van der Waals surface area contributed by atoms with E-state index in [1.165, 1.54) is 27.8 Å². The van der Waals surface area contributed by atoms with E-state index in [0.717, 1.165) is 25.0 Å². The highest BCUT2D eigenvalue weighted by Crippen LogP contribution is 2.29. The van der Waals surface area contributed by atoms with Gasteiger partial charge < -0.3 is 5.32 Å². The van der Waals surface area contributed by atoms with Crippen molar-refractivity contribution in [3.05, 3.63) is 70.3 Å². The van der Waals surface area contributed by atoms with Crippen LogP contribution < -0.4 is 5.32 Å². The van der Waals surface area contributed by atoms with Gasteiger partial charge >= 0.3 is 0 Å². The third-order valence-corrected chi connectivity index (χ3v) is 5.68. The Morgan fingerprint density at radius 2 is 2.04 bits per heavy atom. The van der Waals surface area contributed by atoms with E-state index in [2.05, 4.69) is 61.6 Å². The minimum Gasteiger partial charge on any atom is -0.349 e. The molecule has 2 nitrogen and oxygen atoms in total. The normalized spacial score (nSPS) is 16.5. The number of hydrogen-bond donors (Lipinski definition) is 1. The second kappa shape index (κ2) is 7.89. The first-order valence-corrected chi connectivity index (χ1v) is 9.80. The summed E-state index contributed by atoms with van der Waals surface area (Å²) in [4.78, 5) is 12.3. The largest absolute Gasteiger partial charge is 0.349 e. The fourth-order valence-electron chi connectivity index (χ4n) is 3.35. The van der Waals surface area contributed by atoms with Gasteiger partial charge in [-0.2, -0.15) is 0 Å². The van der Waals surface area contributed by atoms with Crippen molar-refractivity contribution in [3.8, 4) is 0 Å². The summed E-state index contributed by atoms with van der Waals surface area (Å²) < 4.78 is 0. The number of rotatable bonds is 5. The summed E-state index contributed by atoms with van der Waals surface area (Å²) in [6, 6.07) is 15.2. The molecule has 126 valence electrons. The van der Waals surface area contributed by atoms with E-state index in [-0.39, 0.29) is 11.9 Å². The topological polar surface area (TPSA) is 29.1 Å². The predicted molar refractivity (Wildman–Crippen MR) is 102 cm³/mol. The minimum atomic E-state index is 0.145. The number of aryl methyl sites for hydroxylation is 3. The summed E-state index contributed by atoms with van der Waals surface area (Å²) in [6.07, 6.45) is 3.33. The first-order valence-electron chi connectivity index (χ1n) is 8.64. The van der Waals surface area contributed by atoms with Gasteiger partial charge in [0.05, 0.1) is 11.8 Å². The van der Waals surface area contributed by atoms with Crippen molar-refractivity contribution in [2.45, 2.75) is 44.9 Å². The minimum absolute atomic E-state index is 0.145. The molecule has 1 amide bonds. The maximum atomic E-state index is 12.3. The van der Waals surface area contributed by atoms with Gasteiger partial charge in [-0.25, -0.2) is 0 Å². The van der Waals surface area contributed by atoms with Gasteiger partial charge in [0.15, 0.2) is 0 Å². The van der Waals surface area contributed by atoms with Crippen LogP contribution in [0.2, 0.25) is 0 Å². The summed E-state index contributed by atoms with van der Waals surface area (Å²) in [7, 11) is 0. The van der Waals surface area contributed by atoms with Crippen LogP contribution in [0.1, 0.15) is 46.7 Å². The fourth-order valence-corrected chi connectivity index (χ4v) is 4.25. The fraction of sp³-hybridized carbons (Fsp3) is 0.381. The Morgan fingerprint density at radius 3 is 2.92 bits per heavy atom. The number of hydrogen-bond acceptors (Lipinski definition) is 2. The Kier molecular flexibility index (Phi) is 5.62. The SMILES string of the molecule is Cc1ccc(C)c(CSCC(=O)NC2CCCc3ccccc32)c1. The lowest BCUT2D eigenvalue weighted by Crippen LogP contribution is -2.32. The molecule has 0 aliphatic heterocycles. The molecule has 3 rings (SSSR count). The molecule has 0 aromatic heterocycles. The van der Waals surface area contributed by atoms with Crippen molar-refractivity contribution in [2.24, 2.45) is 0 Å². The second-order valence-electron chi connectivity index (χ2n) is 6.63. The molecule has 0 bridgehead atoms. The Morgan fingerprint density at radius 1 is 1.21 bits per heavy atom. The number of nitrogens with one attached hydrogen (secondary N) is 1. The maximum Gasteiger partial charge on any atom is 0.230 e. The number of benzene rings is 2. The zero-order chi connectivity index (χ0) is 16.9. The number of thioether (sulfide) groups is 1. The highest BCUT2D eigenvalue weighted by Gasteiger charge is 2.21. The summed E-state index contributed by atoms with van der Waals surface area (Å²) in [5, 5.41) is 3.23. The first kappa shape index (κ1) is 17.1. The Balaban J connectivity index is 1.53. The summed E-state index contributed by atoms with van der Waals surface area (Å²) >= 11 is 1.70. The van der Waals surface area contributed by atoms with E-state index in [9.17, 15) is 4.79 Å². The van der Waals surface area contributed by atoms with Crippen LogP contribution in [0, 0.1) is 13.8 Å². The van der Waals surface area contributed by atoms with Crippen LogP contribution in [0.4, 0.5) is 0 Å². The van der Waals surface area contributed by atoms with Crippen LogP contribution in [0.25, 0.3) is 0 Å². The molecule has 0 spiro atoms. The third kappa shape index (κ3) is 4.21. The average Bonchev–Trinajstić information content (AvgIpc) is 2.58. The lowest BCUT2D eigenvalue weighted by Gasteiger charge is -2.26. The van der Waals surface area contributed by atoms with Crippen LogP contribution in [0.15, 0.2) is 42.5 Å². The van der Waals surface area contributed by atoms with Gasteiger partial charge in [-0.15, -0.1) is 11.8 Å². The smallest absolute Gasteiger partial charge is 0.230 e. The van der Waals surface area contributed by atoms with E-state index < -0.39 is 0 Å². The predicted octanol–water partition coefficient (Wildman–Crippen LogP) is 4.73. The van der Waals surface area contributed by atoms with Crippen molar-refractivity contribution in [1.82, 2.24) is 5.32 Å². The molecule has 2 aromatic carbocycles. The van der Waals surface area contributed by atoms with Crippen LogP contribution >= 0.6 is 11.8 Å². The van der Waals surface area contributed by atoms with Crippen molar-refractivity contribution >= 4 is 17.7 Å². The molecular weight excluding hydrogens is 314 g/mol. The van der Waals surface area contributed by atoms with Crippen LogP contribution in [0.3, 0.4) is 0 Å². The third-order valence-electron chi connectivity index (χ3n) is 4.70. The molecule has 24 heavy (non-hydrogen) atoms. The first-order chi connectivity index (χ1) is 11.6. The van der Waals surface area contributed by atoms with E-state index in [4.69, 9.17) is 0 Å². The summed E-state index contributed by atoms with van der Waals surface area (Å²) in [5.74, 6) is 1.56. The molecule has 0 saturated carbocycles. The van der Waals surface area contributed by atoms with Gasteiger partial charge in [0.2, 0.25) is 5.91 Å². The lowest BCUT2D eigenvalue weighted by molar-refractivity contribution is -0.119. The molecule has 0 fully saturated rings. The average molecular weight is 340 g/mol. The van der Waals surface area contributed by atoms with Gasteiger partial charge in [-0.05, 0) is 55.4 Å². The van der Waals surface area contributed by atoms with E-state index >= 15 is 0 Å². The van der Waals surface area contributed by atoms with E-state index in [1.54, 1.807) is 11.8 Å². The van der Waals surface area contributed by atoms with Crippen LogP contribution in [0.5, 0.6) is 0 Å². The lowest BCUT2D eigenvalue weighted by atomic mass is 9.88. The zero-order valence-electron chi connectivity index (χ0n) is 14.5. The molecule has 0 saturated heterocycles. The molecule has 1 atom stereocenters. The molecule has 2 aromatic rings. The molecule has 0 heterocycles. The van der Waals surface area contributed by atoms with Gasteiger partial charge in [-0.3, -0.25) is 4.79 Å². The zero-order valence-corrected chi connectivity index (χ0v) is 15.3. The van der Waals surface area contributed by atoms with Crippen molar-refractivity contribution in [2.75, 3.05) is 5.75 Å². The number of amides is 1. The highest BCUT2D eigenvalue weighted by atomic mass is 32.2. The molecule has 0 radical (unpaired) electrons. The monoisotopic (exact) mass is 339 g/mol. The Hall–Kier alpha value is -1.74. The van der Waals surface area contributed by atoms with Crippen molar-refractivity contribution in [3.63, 3.8) is 0 Å². The maximum absolute atomic E-state index is 12.3. The van der Waals surface area contributed by atoms with Crippen molar-refractivity contribution in [1.29, 1.82) is 0 Å². The van der Waals surface area contributed by atoms with Crippen LogP contribution in [-0.2, 0) is 17.0 Å². The van der Waals surface area contributed by atoms with E-state index in [1.807, 2.05) is 0 Å². The molecule has 1 aliphatic carbocycles. The quantitative estimate of drug-likeness (QED) is 0.853. The summed E-state index contributed by atoms with van der Waals surface area (Å²) in [6.45, 7) is 4.25. The molecular formula is C21H25NOS. The standard InChI is InChI=1S/C21H25NOS/c1-15-10-11-16(2)18(12-15)13-24-14-21(23)22-20-9-5-7-17-6-3-4-8-19(17)20/h3-4,6,8,10-12,20H,5,7,9,13-14H2,1-2H3,(H,22,23). The highest BCUT2D eigenvalue weighted by molar-refractivity contribution is 7.99. The molecule has 1 unspecified atom stereocenters. The van der Waals surface area contributed by atoms with Gasteiger partial charge in [-0.1, -0.05) is 48.0 Å². The number of carbonyl (C=O) groups is 1. The second-order valence-corrected chi connectivity index (χ2v) is 7.62. The van der Waals surface area contributed by atoms with Gasteiger partial charge in [0.1, 0.15) is 0 Å². The number of fused-ring (bicyclic) bond motifs is 1. The van der Waals surface area contributed by atoms with Crippen molar-refractivity contribution < 1.29 is 4.79 Å². The van der Waals surface area contributed by atoms with Gasteiger partial charge in [0, 0.05) is 5.75 Å². The van der Waals surface area contributed by atoms with Crippen LogP contribution in [-0.4, -0.2) is 11.7 Å². The molecule has 3 heteroatoms. The molecule has 1 aliphatic rings. The van der Waals surface area contributed by atoms with E-state index in [0.29, 0.717) is 5.75 Å². The van der Waals surface area contributed by atoms with Gasteiger partial charge in [0.25, 0.3) is 0 Å². The Labute approximate surface area is 149 Å².